The van der Waals surface area contributed by atoms with Crippen LogP contribution in [0.1, 0.15) is 23.3 Å². The fraction of sp³-hybridized carbons (Fsp3) is 0.389. The standard InChI is InChI=1S/C18H21ClN2O3S2/c1-12-8-13(2)17(16(19)9-12)20-18(25)21(10-15-4-3-6-24-15)14-5-7-26(22,23)11-14/h3-4,6,8-9,14H,5,7,10-11H2,1-2H3,(H,20,25)/t14-/m0/s1. The lowest BCUT2D eigenvalue weighted by Gasteiger charge is -2.30. The Kier molecular flexibility index (Phi) is 5.60. The Hall–Kier alpha value is -1.57. The van der Waals surface area contributed by atoms with Gasteiger partial charge in [-0.1, -0.05) is 17.7 Å². The Morgan fingerprint density at radius 2 is 2.19 bits per heavy atom. The van der Waals surface area contributed by atoms with Crippen molar-refractivity contribution in [1.29, 1.82) is 0 Å². The molecule has 0 unspecified atom stereocenters. The second-order valence-electron chi connectivity index (χ2n) is 6.63. The van der Waals surface area contributed by atoms with Crippen LogP contribution in [-0.4, -0.2) is 36.0 Å². The second kappa shape index (κ2) is 7.58. The minimum atomic E-state index is -3.03. The monoisotopic (exact) mass is 412 g/mol. The van der Waals surface area contributed by atoms with Crippen LogP contribution in [0, 0.1) is 13.8 Å². The summed E-state index contributed by atoms with van der Waals surface area (Å²) in [5.74, 6) is 1.00. The maximum absolute atomic E-state index is 11.9. The molecule has 1 N–H and O–H groups in total. The van der Waals surface area contributed by atoms with Crippen molar-refractivity contribution in [2.24, 2.45) is 0 Å². The van der Waals surface area contributed by atoms with Gasteiger partial charge in [-0.3, -0.25) is 0 Å². The molecule has 0 saturated carbocycles. The number of nitrogens with one attached hydrogen (secondary N) is 1. The molecule has 2 heterocycles. The zero-order valence-electron chi connectivity index (χ0n) is 14.7. The van der Waals surface area contributed by atoms with Gasteiger partial charge in [0, 0.05) is 6.04 Å². The first-order valence-corrected chi connectivity index (χ1v) is 10.9. The zero-order chi connectivity index (χ0) is 18.9. The molecule has 140 valence electrons. The predicted octanol–water partition coefficient (Wildman–Crippen LogP) is 3.94. The molecule has 1 aliphatic heterocycles. The molecule has 0 bridgehead atoms. The van der Waals surface area contributed by atoms with Gasteiger partial charge in [0.05, 0.1) is 35.0 Å². The third-order valence-electron chi connectivity index (χ3n) is 4.48. The lowest BCUT2D eigenvalue weighted by atomic mass is 10.1. The Bertz CT molecular complexity index is 888. The van der Waals surface area contributed by atoms with E-state index < -0.39 is 9.84 Å². The van der Waals surface area contributed by atoms with Gasteiger partial charge in [-0.15, -0.1) is 0 Å². The molecule has 1 atom stereocenters. The average molecular weight is 413 g/mol. The maximum Gasteiger partial charge on any atom is 0.174 e. The smallest absolute Gasteiger partial charge is 0.174 e. The molecule has 1 aliphatic rings. The number of aryl methyl sites for hydroxylation is 2. The summed E-state index contributed by atoms with van der Waals surface area (Å²) in [6, 6.07) is 7.36. The summed E-state index contributed by atoms with van der Waals surface area (Å²) >= 11 is 12.0. The van der Waals surface area contributed by atoms with E-state index in [0.717, 1.165) is 22.6 Å². The first-order valence-electron chi connectivity index (χ1n) is 8.32. The summed E-state index contributed by atoms with van der Waals surface area (Å²) in [6.45, 7) is 4.34. The highest BCUT2D eigenvalue weighted by atomic mass is 35.5. The van der Waals surface area contributed by atoms with Crippen molar-refractivity contribution in [2.45, 2.75) is 32.9 Å². The lowest BCUT2D eigenvalue weighted by molar-refractivity contribution is 0.302. The number of rotatable bonds is 4. The number of furan rings is 1. The summed E-state index contributed by atoms with van der Waals surface area (Å²) in [5.41, 5.74) is 2.79. The fourth-order valence-electron chi connectivity index (χ4n) is 3.21. The number of nitrogens with zero attached hydrogens (tertiary/aromatic N) is 1. The molecule has 0 radical (unpaired) electrons. The van der Waals surface area contributed by atoms with Gasteiger partial charge in [-0.25, -0.2) is 8.42 Å². The first kappa shape index (κ1) is 19.2. The van der Waals surface area contributed by atoms with Gasteiger partial charge in [0.1, 0.15) is 5.76 Å². The van der Waals surface area contributed by atoms with Gasteiger partial charge in [0.2, 0.25) is 0 Å². The molecule has 0 aliphatic carbocycles. The Balaban J connectivity index is 1.85. The number of thiocarbonyl (C=S) groups is 1. The van der Waals surface area contributed by atoms with Crippen molar-refractivity contribution in [2.75, 3.05) is 16.8 Å². The minimum absolute atomic E-state index is 0.0934. The molecule has 2 aromatic rings. The molecule has 1 aromatic carbocycles. The average Bonchev–Trinajstić information content (AvgIpc) is 3.17. The van der Waals surface area contributed by atoms with Crippen LogP contribution in [0.5, 0.6) is 0 Å². The van der Waals surface area contributed by atoms with Crippen molar-refractivity contribution in [3.63, 3.8) is 0 Å². The highest BCUT2D eigenvalue weighted by Gasteiger charge is 2.34. The van der Waals surface area contributed by atoms with E-state index >= 15 is 0 Å². The third-order valence-corrected chi connectivity index (χ3v) is 6.86. The molecular weight excluding hydrogens is 392 g/mol. The van der Waals surface area contributed by atoms with E-state index in [2.05, 4.69) is 5.32 Å². The highest BCUT2D eigenvalue weighted by molar-refractivity contribution is 7.91. The van der Waals surface area contributed by atoms with Gasteiger partial charge in [0.25, 0.3) is 0 Å². The normalized spacial score (nSPS) is 18.7. The van der Waals surface area contributed by atoms with Crippen molar-refractivity contribution >= 4 is 44.5 Å². The number of hydrogen-bond donors (Lipinski definition) is 1. The van der Waals surface area contributed by atoms with E-state index in [9.17, 15) is 8.42 Å². The quantitative estimate of drug-likeness (QED) is 0.767. The van der Waals surface area contributed by atoms with Gasteiger partial charge < -0.3 is 14.6 Å². The number of hydrogen-bond acceptors (Lipinski definition) is 4. The van der Waals surface area contributed by atoms with Gasteiger partial charge >= 0.3 is 0 Å². The van der Waals surface area contributed by atoms with Crippen LogP contribution in [0.4, 0.5) is 5.69 Å². The topological polar surface area (TPSA) is 62.6 Å². The second-order valence-corrected chi connectivity index (χ2v) is 9.66. The first-order chi connectivity index (χ1) is 12.2. The van der Waals surface area contributed by atoms with Crippen LogP contribution in [0.15, 0.2) is 34.9 Å². The van der Waals surface area contributed by atoms with Crippen molar-refractivity contribution in [3.05, 3.63) is 52.4 Å². The third kappa shape index (κ3) is 4.39. The summed E-state index contributed by atoms with van der Waals surface area (Å²) in [6.07, 6.45) is 2.14. The number of anilines is 1. The SMILES string of the molecule is Cc1cc(C)c(NC(=S)N(Cc2ccco2)[C@H]2CCS(=O)(=O)C2)c(Cl)c1. The van der Waals surface area contributed by atoms with Crippen LogP contribution in [0.3, 0.4) is 0 Å². The molecule has 5 nitrogen and oxygen atoms in total. The van der Waals surface area contributed by atoms with E-state index in [-0.39, 0.29) is 17.5 Å². The maximum atomic E-state index is 11.9. The Morgan fingerprint density at radius 1 is 1.42 bits per heavy atom. The summed E-state index contributed by atoms with van der Waals surface area (Å²) in [5, 5.41) is 4.24. The molecule has 1 fully saturated rings. The Morgan fingerprint density at radius 3 is 2.77 bits per heavy atom. The predicted molar refractivity (Wildman–Crippen MR) is 108 cm³/mol. The van der Waals surface area contributed by atoms with Crippen LogP contribution < -0.4 is 5.32 Å². The summed E-state index contributed by atoms with van der Waals surface area (Å²) in [7, 11) is -3.03. The molecular formula is C18H21ClN2O3S2. The number of sulfone groups is 1. The highest BCUT2D eigenvalue weighted by Crippen LogP contribution is 2.29. The molecule has 1 saturated heterocycles. The zero-order valence-corrected chi connectivity index (χ0v) is 17.0. The molecule has 1 aromatic heterocycles. The van der Waals surface area contributed by atoms with E-state index in [1.807, 2.05) is 36.9 Å². The fourth-order valence-corrected chi connectivity index (χ4v) is 5.63. The van der Waals surface area contributed by atoms with Crippen molar-refractivity contribution in [1.82, 2.24) is 4.90 Å². The van der Waals surface area contributed by atoms with Gasteiger partial charge in [-0.05, 0) is 61.8 Å². The largest absolute Gasteiger partial charge is 0.467 e. The summed E-state index contributed by atoms with van der Waals surface area (Å²) < 4.78 is 29.3. The summed E-state index contributed by atoms with van der Waals surface area (Å²) in [4.78, 5) is 1.88. The van der Waals surface area contributed by atoms with Crippen LogP contribution in [0.2, 0.25) is 5.02 Å². The van der Waals surface area contributed by atoms with Crippen molar-refractivity contribution in [3.8, 4) is 0 Å². The number of benzene rings is 1. The van der Waals surface area contributed by atoms with Crippen LogP contribution >= 0.6 is 23.8 Å². The molecule has 8 heteroatoms. The van der Waals surface area contributed by atoms with Crippen molar-refractivity contribution < 1.29 is 12.8 Å². The van der Waals surface area contributed by atoms with Crippen LogP contribution in [0.25, 0.3) is 0 Å². The van der Waals surface area contributed by atoms with E-state index in [0.29, 0.717) is 23.1 Å². The molecule has 0 amide bonds. The van der Waals surface area contributed by atoms with Gasteiger partial charge in [-0.2, -0.15) is 0 Å². The van der Waals surface area contributed by atoms with E-state index in [4.69, 9.17) is 28.2 Å². The van der Waals surface area contributed by atoms with E-state index in [1.165, 1.54) is 0 Å². The number of halogens is 1. The lowest BCUT2D eigenvalue weighted by Crippen LogP contribution is -2.43. The molecule has 26 heavy (non-hydrogen) atoms. The van der Waals surface area contributed by atoms with Gasteiger partial charge in [0.15, 0.2) is 14.9 Å². The van der Waals surface area contributed by atoms with Crippen LogP contribution in [-0.2, 0) is 16.4 Å². The Labute approximate surface area is 164 Å². The molecule has 3 rings (SSSR count). The van der Waals surface area contributed by atoms with E-state index in [1.54, 1.807) is 12.3 Å². The minimum Gasteiger partial charge on any atom is -0.467 e. The molecule has 0 spiro atoms.